The molecule has 2 amide bonds. The van der Waals surface area contributed by atoms with Crippen LogP contribution in [0.2, 0.25) is 0 Å². The average Bonchev–Trinajstić information content (AvgIpc) is 2.93. The lowest BCUT2D eigenvalue weighted by Crippen LogP contribution is -2.55. The number of rotatable bonds is 2. The number of thioether (sulfide) groups is 1. The van der Waals surface area contributed by atoms with E-state index in [1.807, 2.05) is 58.8 Å². The molecule has 0 radical (unpaired) electrons. The molecule has 1 fully saturated rings. The van der Waals surface area contributed by atoms with Gasteiger partial charge in [0.05, 0.1) is 29.2 Å². The molecule has 1 aliphatic carbocycles. The maximum Gasteiger partial charge on any atom is 0.325 e. The fraction of sp³-hybridized carbons (Fsp3) is 0.414. The number of ether oxygens (including phenoxy) is 1. The largest absolute Gasteiger partial charge is 0.507 e. The van der Waals surface area contributed by atoms with Crippen molar-refractivity contribution in [3.8, 4) is 5.75 Å². The average molecular weight is 504 g/mol. The molecule has 3 heterocycles. The van der Waals surface area contributed by atoms with Gasteiger partial charge in [-0.1, -0.05) is 48.6 Å². The summed E-state index contributed by atoms with van der Waals surface area (Å²) in [7, 11) is 0. The summed E-state index contributed by atoms with van der Waals surface area (Å²) in [6.45, 7) is 3.72. The van der Waals surface area contributed by atoms with Gasteiger partial charge in [0, 0.05) is 36.5 Å². The lowest BCUT2D eigenvalue weighted by Gasteiger charge is -2.45. The van der Waals surface area contributed by atoms with E-state index in [2.05, 4.69) is 30.4 Å². The highest BCUT2D eigenvalue weighted by Gasteiger charge is 2.41. The Kier molecular flexibility index (Phi) is 6.32. The van der Waals surface area contributed by atoms with E-state index in [0.717, 1.165) is 40.1 Å². The first-order valence-electron chi connectivity index (χ1n) is 12.9. The molecule has 188 valence electrons. The van der Waals surface area contributed by atoms with Gasteiger partial charge in [0.1, 0.15) is 5.75 Å². The number of allylic oxidation sites excluding steroid dienone is 2. The number of aromatic hydroxyl groups is 1. The second kappa shape index (κ2) is 9.61. The van der Waals surface area contributed by atoms with Gasteiger partial charge in [0.2, 0.25) is 0 Å². The molecule has 0 saturated carbocycles. The van der Waals surface area contributed by atoms with Gasteiger partial charge in [-0.05, 0) is 48.9 Å². The first kappa shape index (κ1) is 23.6. The fourth-order valence-electron chi connectivity index (χ4n) is 6.10. The van der Waals surface area contributed by atoms with Gasteiger partial charge in [-0.15, -0.1) is 11.8 Å². The van der Waals surface area contributed by atoms with Gasteiger partial charge in [0.15, 0.2) is 0 Å². The van der Waals surface area contributed by atoms with Crippen molar-refractivity contribution in [2.45, 2.75) is 54.6 Å². The summed E-state index contributed by atoms with van der Waals surface area (Å²) in [4.78, 5) is 19.1. The number of phenols is 1. The molecule has 2 aromatic rings. The third-order valence-electron chi connectivity index (χ3n) is 8.11. The summed E-state index contributed by atoms with van der Waals surface area (Å²) < 4.78 is 6.46. The number of phenolic OH excluding ortho intramolecular Hbond substituents is 1. The van der Waals surface area contributed by atoms with E-state index in [1.165, 1.54) is 0 Å². The van der Waals surface area contributed by atoms with E-state index in [1.54, 1.807) is 0 Å². The lowest BCUT2D eigenvalue weighted by molar-refractivity contribution is -0.0625. The number of nitrogens with zero attached hydrogens (tertiary/aromatic N) is 2. The number of fused-ring (bicyclic) bond motifs is 3. The molecular weight excluding hydrogens is 470 g/mol. The number of anilines is 1. The van der Waals surface area contributed by atoms with Gasteiger partial charge in [-0.25, -0.2) is 4.79 Å². The third-order valence-corrected chi connectivity index (χ3v) is 9.42. The van der Waals surface area contributed by atoms with Gasteiger partial charge in [0.25, 0.3) is 0 Å². The third kappa shape index (κ3) is 4.03. The molecule has 0 bridgehead atoms. The second-order valence-electron chi connectivity index (χ2n) is 10.2. The normalized spacial score (nSPS) is 27.4. The molecule has 2 aromatic carbocycles. The minimum Gasteiger partial charge on any atom is -0.507 e. The predicted molar refractivity (Wildman–Crippen MR) is 144 cm³/mol. The highest BCUT2D eigenvalue weighted by Crippen LogP contribution is 2.45. The molecule has 36 heavy (non-hydrogen) atoms. The number of likely N-dealkylation sites (tertiary alicyclic amines) is 1. The molecule has 6 nitrogen and oxygen atoms in total. The van der Waals surface area contributed by atoms with Crippen LogP contribution in [0.25, 0.3) is 0 Å². The number of urea groups is 1. The van der Waals surface area contributed by atoms with Crippen molar-refractivity contribution in [2.75, 3.05) is 24.5 Å². The Balaban J connectivity index is 1.18. The summed E-state index contributed by atoms with van der Waals surface area (Å²) >= 11 is 1.83. The molecule has 2 unspecified atom stereocenters. The SMILES string of the molecule is Cc1ccc2c(c1O)C[C@@H](C1CCN(C(=O)N3c4ccccc4SC4C=CC=CC43)CC1)O[C@H]2CN. The van der Waals surface area contributed by atoms with E-state index in [-0.39, 0.29) is 29.5 Å². The Labute approximate surface area is 216 Å². The Bertz CT molecular complexity index is 1220. The zero-order valence-corrected chi connectivity index (χ0v) is 21.4. The van der Waals surface area contributed by atoms with Crippen molar-refractivity contribution >= 4 is 23.5 Å². The van der Waals surface area contributed by atoms with Crippen LogP contribution in [0.5, 0.6) is 5.75 Å². The lowest BCUT2D eigenvalue weighted by atomic mass is 9.83. The van der Waals surface area contributed by atoms with Crippen molar-refractivity contribution in [1.82, 2.24) is 4.90 Å². The standard InChI is InChI=1S/C29H33N3O3S/c1-18-10-11-20-21(28(18)33)16-24(35-25(20)17-30)19-12-14-31(15-13-19)29(34)32-22-6-2-4-8-26(22)36-27-9-5-3-7-23(27)32/h2-11,19,22,24-26,33H,12-17,30H2,1H3/t22?,24-,25-,26?/m0/s1. The summed E-state index contributed by atoms with van der Waals surface area (Å²) in [6.07, 6.45) is 10.7. The van der Waals surface area contributed by atoms with Crippen LogP contribution >= 0.6 is 11.8 Å². The van der Waals surface area contributed by atoms with E-state index >= 15 is 0 Å². The topological polar surface area (TPSA) is 79.0 Å². The second-order valence-corrected chi connectivity index (χ2v) is 11.4. The summed E-state index contributed by atoms with van der Waals surface area (Å²) in [5.74, 6) is 0.697. The Morgan fingerprint density at radius 3 is 2.72 bits per heavy atom. The van der Waals surface area contributed by atoms with E-state index < -0.39 is 0 Å². The number of carbonyl (C=O) groups excluding carboxylic acids is 1. The van der Waals surface area contributed by atoms with Crippen LogP contribution in [0.4, 0.5) is 10.5 Å². The van der Waals surface area contributed by atoms with Crippen LogP contribution < -0.4 is 10.6 Å². The molecule has 0 spiro atoms. The maximum absolute atomic E-state index is 13.9. The zero-order valence-electron chi connectivity index (χ0n) is 20.5. The van der Waals surface area contributed by atoms with Crippen molar-refractivity contribution in [2.24, 2.45) is 11.7 Å². The minimum atomic E-state index is -0.199. The van der Waals surface area contributed by atoms with Crippen LogP contribution in [-0.4, -0.2) is 53.1 Å². The summed E-state index contributed by atoms with van der Waals surface area (Å²) in [6, 6.07) is 12.3. The summed E-state index contributed by atoms with van der Waals surface area (Å²) in [5, 5.41) is 11.0. The number of carbonyl (C=O) groups is 1. The minimum absolute atomic E-state index is 0.00101. The Morgan fingerprint density at radius 1 is 1.14 bits per heavy atom. The molecule has 3 aliphatic heterocycles. The Hall–Kier alpha value is -2.74. The first-order valence-corrected chi connectivity index (χ1v) is 13.8. The van der Waals surface area contributed by atoms with Gasteiger partial charge in [-0.3, -0.25) is 4.90 Å². The molecule has 4 aliphatic rings. The number of hydrogen-bond donors (Lipinski definition) is 2. The highest BCUT2D eigenvalue weighted by molar-refractivity contribution is 8.00. The van der Waals surface area contributed by atoms with Crippen LogP contribution in [0.1, 0.15) is 35.6 Å². The van der Waals surface area contributed by atoms with Crippen molar-refractivity contribution < 1.29 is 14.6 Å². The van der Waals surface area contributed by atoms with Crippen LogP contribution in [0, 0.1) is 12.8 Å². The van der Waals surface area contributed by atoms with Gasteiger partial charge >= 0.3 is 6.03 Å². The number of nitrogens with two attached hydrogens (primary N) is 1. The van der Waals surface area contributed by atoms with Crippen LogP contribution in [0.15, 0.2) is 65.6 Å². The molecule has 0 aromatic heterocycles. The Morgan fingerprint density at radius 2 is 1.92 bits per heavy atom. The molecule has 7 heteroatoms. The number of piperidine rings is 1. The molecule has 4 atom stereocenters. The predicted octanol–water partition coefficient (Wildman–Crippen LogP) is 4.95. The van der Waals surface area contributed by atoms with E-state index in [9.17, 15) is 9.90 Å². The van der Waals surface area contributed by atoms with Crippen molar-refractivity contribution in [3.63, 3.8) is 0 Å². The monoisotopic (exact) mass is 503 g/mol. The number of benzene rings is 2. The smallest absolute Gasteiger partial charge is 0.325 e. The fourth-order valence-corrected chi connectivity index (χ4v) is 7.36. The van der Waals surface area contributed by atoms with Crippen LogP contribution in [-0.2, 0) is 11.2 Å². The molecule has 6 rings (SSSR count). The molecular formula is C29H33N3O3S. The first-order chi connectivity index (χ1) is 17.5. The quantitative estimate of drug-likeness (QED) is 0.606. The van der Waals surface area contributed by atoms with E-state index in [0.29, 0.717) is 37.7 Å². The number of amides is 2. The van der Waals surface area contributed by atoms with Gasteiger partial charge in [-0.2, -0.15) is 0 Å². The number of hydrogen-bond acceptors (Lipinski definition) is 5. The number of aryl methyl sites for hydroxylation is 1. The van der Waals surface area contributed by atoms with Gasteiger partial charge < -0.3 is 20.5 Å². The van der Waals surface area contributed by atoms with E-state index in [4.69, 9.17) is 10.5 Å². The van der Waals surface area contributed by atoms with Crippen molar-refractivity contribution in [3.05, 3.63) is 77.4 Å². The number of para-hydroxylation sites is 1. The van der Waals surface area contributed by atoms with Crippen LogP contribution in [0.3, 0.4) is 0 Å². The maximum atomic E-state index is 13.9. The zero-order chi connectivity index (χ0) is 24.8. The summed E-state index contributed by atoms with van der Waals surface area (Å²) in [5.41, 5.74) is 9.93. The highest BCUT2D eigenvalue weighted by atomic mass is 32.2. The van der Waals surface area contributed by atoms with Crippen molar-refractivity contribution in [1.29, 1.82) is 0 Å². The molecule has 1 saturated heterocycles. The molecule has 3 N–H and O–H groups in total.